The van der Waals surface area contributed by atoms with Gasteiger partial charge < -0.3 is 14.5 Å². The zero-order valence-electron chi connectivity index (χ0n) is 19.4. The number of carbonyl (C=O) groups is 2. The van der Waals surface area contributed by atoms with Gasteiger partial charge in [-0.25, -0.2) is 13.2 Å². The van der Waals surface area contributed by atoms with Crippen LogP contribution in [0.2, 0.25) is 0 Å². The van der Waals surface area contributed by atoms with Gasteiger partial charge in [0.05, 0.1) is 17.2 Å². The van der Waals surface area contributed by atoms with E-state index < -0.39 is 10.0 Å². The summed E-state index contributed by atoms with van der Waals surface area (Å²) in [7, 11) is -3.84. The lowest BCUT2D eigenvalue weighted by Crippen LogP contribution is -2.51. The molecule has 1 aliphatic heterocycles. The molecule has 0 unspecified atom stereocenters. The molecule has 0 aliphatic carbocycles. The molecule has 1 heterocycles. The number of rotatable bonds is 7. The molecule has 1 aliphatic rings. The monoisotopic (exact) mass is 473 g/mol. The molecule has 0 bridgehead atoms. The molecule has 2 amide bonds. The van der Waals surface area contributed by atoms with Crippen molar-refractivity contribution in [1.82, 2.24) is 9.80 Å². The van der Waals surface area contributed by atoms with Gasteiger partial charge in [0.2, 0.25) is 5.91 Å². The van der Waals surface area contributed by atoms with Crippen molar-refractivity contribution in [1.29, 1.82) is 0 Å². The minimum absolute atomic E-state index is 0.0240. The van der Waals surface area contributed by atoms with E-state index in [1.165, 1.54) is 4.31 Å². The second-order valence-corrected chi connectivity index (χ2v) is 9.90. The van der Waals surface area contributed by atoms with Gasteiger partial charge in [-0.15, -0.1) is 0 Å². The number of aryl methyl sites for hydroxylation is 2. The Morgan fingerprint density at radius 2 is 1.39 bits per heavy atom. The van der Waals surface area contributed by atoms with Crippen LogP contribution >= 0.6 is 0 Å². The van der Waals surface area contributed by atoms with Gasteiger partial charge in [-0.3, -0.25) is 9.10 Å². The number of carbonyl (C=O) groups excluding carboxylic acids is 2. The summed E-state index contributed by atoms with van der Waals surface area (Å²) in [6.45, 7) is 7.50. The van der Waals surface area contributed by atoms with Gasteiger partial charge in [0, 0.05) is 39.1 Å². The molecule has 0 aromatic heterocycles. The summed E-state index contributed by atoms with van der Waals surface area (Å²) in [5.74, 6) is -0.144. The Hall–Kier alpha value is -3.07. The fourth-order valence-corrected chi connectivity index (χ4v) is 5.11. The summed E-state index contributed by atoms with van der Waals surface area (Å²) in [5, 5.41) is 0. The molecule has 2 aromatic carbocycles. The molecule has 8 nitrogen and oxygen atoms in total. The van der Waals surface area contributed by atoms with Crippen LogP contribution in [0.15, 0.2) is 53.4 Å². The minimum atomic E-state index is -3.84. The molecule has 1 saturated heterocycles. The lowest BCUT2D eigenvalue weighted by atomic mass is 10.2. The Morgan fingerprint density at radius 3 is 1.94 bits per heavy atom. The van der Waals surface area contributed by atoms with E-state index in [0.29, 0.717) is 38.5 Å². The van der Waals surface area contributed by atoms with Crippen LogP contribution in [0.3, 0.4) is 0 Å². The van der Waals surface area contributed by atoms with Gasteiger partial charge in [0.1, 0.15) is 0 Å². The summed E-state index contributed by atoms with van der Waals surface area (Å²) in [6, 6.07) is 13.9. The van der Waals surface area contributed by atoms with Gasteiger partial charge >= 0.3 is 6.09 Å². The zero-order chi connectivity index (χ0) is 24.0. The molecule has 0 atom stereocenters. The number of sulfonamides is 1. The number of hydrogen-bond acceptors (Lipinski definition) is 5. The van der Waals surface area contributed by atoms with E-state index in [1.807, 2.05) is 26.0 Å². The maximum atomic E-state index is 13.4. The fourth-order valence-electron chi connectivity index (χ4n) is 3.65. The van der Waals surface area contributed by atoms with E-state index in [1.54, 1.807) is 53.1 Å². The average Bonchev–Trinajstić information content (AvgIpc) is 2.80. The molecule has 1 fully saturated rings. The third-order valence-corrected chi connectivity index (χ3v) is 7.46. The summed E-state index contributed by atoms with van der Waals surface area (Å²) in [6.07, 6.45) is -0.336. The predicted octanol–water partition coefficient (Wildman–Crippen LogP) is 3.19. The SMILES string of the molecule is CCOC(=O)N1CCN(C(=O)CCN(c2ccc(C)cc2)S(=O)(=O)c2ccc(C)cc2)CC1. The van der Waals surface area contributed by atoms with Crippen LogP contribution in [-0.2, 0) is 19.6 Å². The predicted molar refractivity (Wildman–Crippen MR) is 127 cm³/mol. The largest absolute Gasteiger partial charge is 0.450 e. The van der Waals surface area contributed by atoms with Gasteiger partial charge in [0.25, 0.3) is 10.0 Å². The molecule has 9 heteroatoms. The average molecular weight is 474 g/mol. The van der Waals surface area contributed by atoms with Crippen LogP contribution in [0.5, 0.6) is 0 Å². The Balaban J connectivity index is 1.72. The van der Waals surface area contributed by atoms with Crippen molar-refractivity contribution in [2.24, 2.45) is 0 Å². The zero-order valence-corrected chi connectivity index (χ0v) is 20.2. The minimum Gasteiger partial charge on any atom is -0.450 e. The van der Waals surface area contributed by atoms with Crippen molar-refractivity contribution in [3.8, 4) is 0 Å². The van der Waals surface area contributed by atoms with Crippen molar-refractivity contribution in [2.45, 2.75) is 32.1 Å². The highest BCUT2D eigenvalue weighted by atomic mass is 32.2. The molecule has 0 radical (unpaired) electrons. The summed E-state index contributed by atoms with van der Waals surface area (Å²) in [5.41, 5.74) is 2.50. The molecule has 2 aromatic rings. The summed E-state index contributed by atoms with van der Waals surface area (Å²) < 4.78 is 33.2. The highest BCUT2D eigenvalue weighted by Gasteiger charge is 2.28. The summed E-state index contributed by atoms with van der Waals surface area (Å²) >= 11 is 0. The topological polar surface area (TPSA) is 87.2 Å². The molecular weight excluding hydrogens is 442 g/mol. The van der Waals surface area contributed by atoms with Crippen LogP contribution < -0.4 is 4.31 Å². The lowest BCUT2D eigenvalue weighted by molar-refractivity contribution is -0.132. The van der Waals surface area contributed by atoms with Gasteiger partial charge in [-0.2, -0.15) is 0 Å². The van der Waals surface area contributed by atoms with Crippen molar-refractivity contribution in [3.63, 3.8) is 0 Å². The molecule has 0 saturated carbocycles. The van der Waals surface area contributed by atoms with Crippen LogP contribution in [0.4, 0.5) is 10.5 Å². The molecule has 0 spiro atoms. The molecule has 178 valence electrons. The van der Waals surface area contributed by atoms with E-state index in [2.05, 4.69) is 0 Å². The number of anilines is 1. The Bertz CT molecular complexity index is 1060. The Kier molecular flexibility index (Phi) is 7.97. The third kappa shape index (κ3) is 6.04. The highest BCUT2D eigenvalue weighted by Crippen LogP contribution is 2.25. The summed E-state index contributed by atoms with van der Waals surface area (Å²) in [4.78, 5) is 28.2. The first-order valence-electron chi connectivity index (χ1n) is 11.1. The van der Waals surface area contributed by atoms with Crippen LogP contribution in [0, 0.1) is 13.8 Å². The second-order valence-electron chi connectivity index (χ2n) is 8.04. The van der Waals surface area contributed by atoms with E-state index >= 15 is 0 Å². The quantitative estimate of drug-likeness (QED) is 0.616. The van der Waals surface area contributed by atoms with Crippen molar-refractivity contribution >= 4 is 27.7 Å². The maximum Gasteiger partial charge on any atom is 0.409 e. The van der Waals surface area contributed by atoms with Crippen LogP contribution in [0.1, 0.15) is 24.5 Å². The normalized spacial score (nSPS) is 14.2. The van der Waals surface area contributed by atoms with E-state index in [-0.39, 0.29) is 29.9 Å². The van der Waals surface area contributed by atoms with E-state index in [9.17, 15) is 18.0 Å². The number of piperazine rings is 1. The fraction of sp³-hybridized carbons (Fsp3) is 0.417. The highest BCUT2D eigenvalue weighted by molar-refractivity contribution is 7.92. The molecule has 33 heavy (non-hydrogen) atoms. The van der Waals surface area contributed by atoms with Crippen LogP contribution in [-0.4, -0.2) is 69.5 Å². The third-order valence-electron chi connectivity index (χ3n) is 5.62. The number of hydrogen-bond donors (Lipinski definition) is 0. The Labute approximate surface area is 195 Å². The first-order chi connectivity index (χ1) is 15.7. The van der Waals surface area contributed by atoms with Crippen molar-refractivity contribution in [2.75, 3.05) is 43.6 Å². The number of nitrogens with zero attached hydrogens (tertiary/aromatic N) is 3. The van der Waals surface area contributed by atoms with Crippen LogP contribution in [0.25, 0.3) is 0 Å². The van der Waals surface area contributed by atoms with Gasteiger partial charge in [0.15, 0.2) is 0 Å². The number of amides is 2. The second kappa shape index (κ2) is 10.7. The molecule has 3 rings (SSSR count). The smallest absolute Gasteiger partial charge is 0.409 e. The van der Waals surface area contributed by atoms with Gasteiger partial charge in [-0.1, -0.05) is 35.4 Å². The number of benzene rings is 2. The molecular formula is C24H31N3O5S. The number of ether oxygens (including phenoxy) is 1. The lowest BCUT2D eigenvalue weighted by Gasteiger charge is -2.34. The first kappa shape index (κ1) is 24.6. The van der Waals surface area contributed by atoms with E-state index in [4.69, 9.17) is 4.74 Å². The standard InChI is InChI=1S/C24H31N3O5S/c1-4-32-24(29)26-17-15-25(16-18-26)23(28)13-14-27(21-9-5-19(2)6-10-21)33(30,31)22-11-7-20(3)8-12-22/h5-12H,4,13-18H2,1-3H3. The van der Waals surface area contributed by atoms with Crippen molar-refractivity contribution in [3.05, 3.63) is 59.7 Å². The molecule has 0 N–H and O–H groups in total. The maximum absolute atomic E-state index is 13.4. The first-order valence-corrected chi connectivity index (χ1v) is 12.5. The Morgan fingerprint density at radius 1 is 0.879 bits per heavy atom. The van der Waals surface area contributed by atoms with Crippen molar-refractivity contribution < 1.29 is 22.7 Å². The van der Waals surface area contributed by atoms with Gasteiger partial charge in [-0.05, 0) is 45.0 Å². The van der Waals surface area contributed by atoms with E-state index in [0.717, 1.165) is 11.1 Å².